The minimum absolute atomic E-state index is 0.681. The SMILES string of the molecule is CCCCCCCCCCCCC(CCC)c1ccccn1. The van der Waals surface area contributed by atoms with Gasteiger partial charge in [-0.25, -0.2) is 0 Å². The third-order valence-electron chi connectivity index (χ3n) is 4.65. The van der Waals surface area contributed by atoms with E-state index in [1.165, 1.54) is 89.2 Å². The van der Waals surface area contributed by atoms with Gasteiger partial charge >= 0.3 is 0 Å². The zero-order valence-corrected chi connectivity index (χ0v) is 15.0. The molecule has 0 N–H and O–H groups in total. The molecule has 1 nitrogen and oxygen atoms in total. The quantitative estimate of drug-likeness (QED) is 0.329. The Labute approximate surface area is 138 Å². The molecule has 0 aliphatic heterocycles. The van der Waals surface area contributed by atoms with Crippen molar-refractivity contribution in [1.29, 1.82) is 0 Å². The van der Waals surface area contributed by atoms with Crippen LogP contribution in [0.2, 0.25) is 0 Å². The van der Waals surface area contributed by atoms with E-state index < -0.39 is 0 Å². The first-order valence-corrected chi connectivity index (χ1v) is 9.79. The Balaban J connectivity index is 2.04. The summed E-state index contributed by atoms with van der Waals surface area (Å²) in [6, 6.07) is 6.35. The lowest BCUT2D eigenvalue weighted by Crippen LogP contribution is -2.01. The van der Waals surface area contributed by atoms with Crippen molar-refractivity contribution in [2.45, 2.75) is 103 Å². The van der Waals surface area contributed by atoms with Crippen molar-refractivity contribution in [3.05, 3.63) is 30.1 Å². The molecule has 1 heteroatoms. The summed E-state index contributed by atoms with van der Waals surface area (Å²) in [5.74, 6) is 0.681. The van der Waals surface area contributed by atoms with Crippen molar-refractivity contribution in [2.24, 2.45) is 0 Å². The molecule has 22 heavy (non-hydrogen) atoms. The monoisotopic (exact) mass is 303 g/mol. The van der Waals surface area contributed by atoms with Gasteiger partial charge in [0.1, 0.15) is 0 Å². The minimum atomic E-state index is 0.681. The lowest BCUT2D eigenvalue weighted by atomic mass is 9.92. The van der Waals surface area contributed by atoms with Crippen molar-refractivity contribution >= 4 is 0 Å². The van der Waals surface area contributed by atoms with Crippen LogP contribution in [-0.4, -0.2) is 4.98 Å². The maximum atomic E-state index is 4.56. The molecule has 0 saturated heterocycles. The number of nitrogens with zero attached hydrogens (tertiary/aromatic N) is 1. The number of rotatable bonds is 14. The standard InChI is InChI=1S/C21H37N/c1-3-5-6-7-8-9-10-11-12-13-17-20(16-4-2)21-18-14-15-19-22-21/h14-15,18-20H,3-13,16-17H2,1-2H3. The largest absolute Gasteiger partial charge is 0.261 e. The van der Waals surface area contributed by atoms with Gasteiger partial charge in [-0.1, -0.05) is 90.5 Å². The van der Waals surface area contributed by atoms with Gasteiger partial charge in [0, 0.05) is 17.8 Å². The summed E-state index contributed by atoms with van der Waals surface area (Å²) in [4.78, 5) is 4.56. The second-order valence-electron chi connectivity index (χ2n) is 6.71. The van der Waals surface area contributed by atoms with Gasteiger partial charge in [0.05, 0.1) is 0 Å². The van der Waals surface area contributed by atoms with E-state index in [4.69, 9.17) is 0 Å². The Morgan fingerprint density at radius 2 is 1.36 bits per heavy atom. The predicted molar refractivity (Wildman–Crippen MR) is 98.3 cm³/mol. The van der Waals surface area contributed by atoms with Gasteiger partial charge < -0.3 is 0 Å². The molecule has 0 bridgehead atoms. The van der Waals surface area contributed by atoms with E-state index in [2.05, 4.69) is 31.0 Å². The molecular weight excluding hydrogens is 266 g/mol. The second kappa shape index (κ2) is 13.8. The van der Waals surface area contributed by atoms with Crippen LogP contribution in [0.5, 0.6) is 0 Å². The number of hydrogen-bond acceptors (Lipinski definition) is 1. The normalized spacial score (nSPS) is 12.5. The van der Waals surface area contributed by atoms with Crippen LogP contribution in [0.4, 0.5) is 0 Å². The Kier molecular flexibility index (Phi) is 12.0. The Hall–Kier alpha value is -0.850. The summed E-state index contributed by atoms with van der Waals surface area (Å²) in [5.41, 5.74) is 1.31. The van der Waals surface area contributed by atoms with Gasteiger partial charge in [0.15, 0.2) is 0 Å². The Bertz CT molecular complexity index is 333. The molecule has 0 spiro atoms. The van der Waals surface area contributed by atoms with Crippen molar-refractivity contribution in [1.82, 2.24) is 4.98 Å². The fraction of sp³-hybridized carbons (Fsp3) is 0.762. The van der Waals surface area contributed by atoms with Gasteiger partial charge in [-0.3, -0.25) is 4.98 Å². The van der Waals surface area contributed by atoms with Crippen LogP contribution in [0.1, 0.15) is 109 Å². The molecule has 1 unspecified atom stereocenters. The van der Waals surface area contributed by atoms with Crippen LogP contribution in [0, 0.1) is 0 Å². The maximum Gasteiger partial charge on any atom is 0.0434 e. The molecule has 1 rings (SSSR count). The Morgan fingerprint density at radius 3 is 1.91 bits per heavy atom. The van der Waals surface area contributed by atoms with E-state index in [1.54, 1.807) is 0 Å². The van der Waals surface area contributed by atoms with Gasteiger partial charge in [0.25, 0.3) is 0 Å². The van der Waals surface area contributed by atoms with E-state index in [9.17, 15) is 0 Å². The number of pyridine rings is 1. The third kappa shape index (κ3) is 9.23. The minimum Gasteiger partial charge on any atom is -0.261 e. The highest BCUT2D eigenvalue weighted by atomic mass is 14.7. The van der Waals surface area contributed by atoms with E-state index in [0.29, 0.717) is 5.92 Å². The molecule has 0 amide bonds. The average molecular weight is 304 g/mol. The molecule has 0 fully saturated rings. The maximum absolute atomic E-state index is 4.56. The lowest BCUT2D eigenvalue weighted by molar-refractivity contribution is 0.498. The first-order chi connectivity index (χ1) is 10.9. The van der Waals surface area contributed by atoms with Crippen LogP contribution in [0.3, 0.4) is 0 Å². The topological polar surface area (TPSA) is 12.9 Å². The Morgan fingerprint density at radius 1 is 0.727 bits per heavy atom. The van der Waals surface area contributed by atoms with Crippen LogP contribution in [0.15, 0.2) is 24.4 Å². The number of hydrogen-bond donors (Lipinski definition) is 0. The molecular formula is C21H37N. The van der Waals surface area contributed by atoms with Crippen molar-refractivity contribution < 1.29 is 0 Å². The molecule has 0 aliphatic rings. The summed E-state index contributed by atoms with van der Waals surface area (Å²) in [6.45, 7) is 4.57. The summed E-state index contributed by atoms with van der Waals surface area (Å²) >= 11 is 0. The molecule has 0 aliphatic carbocycles. The number of aromatic nitrogens is 1. The molecule has 0 aromatic carbocycles. The first kappa shape index (κ1) is 19.2. The summed E-state index contributed by atoms with van der Waals surface area (Å²) in [7, 11) is 0. The van der Waals surface area contributed by atoms with Crippen LogP contribution >= 0.6 is 0 Å². The van der Waals surface area contributed by atoms with Crippen molar-refractivity contribution in [2.75, 3.05) is 0 Å². The summed E-state index contributed by atoms with van der Waals surface area (Å²) in [5, 5.41) is 0. The van der Waals surface area contributed by atoms with Crippen LogP contribution < -0.4 is 0 Å². The van der Waals surface area contributed by atoms with Crippen molar-refractivity contribution in [3.63, 3.8) is 0 Å². The van der Waals surface area contributed by atoms with E-state index in [-0.39, 0.29) is 0 Å². The van der Waals surface area contributed by atoms with Crippen molar-refractivity contribution in [3.8, 4) is 0 Å². The number of unbranched alkanes of at least 4 members (excludes halogenated alkanes) is 9. The molecule has 1 atom stereocenters. The van der Waals surface area contributed by atoms with Gasteiger partial charge in [-0.2, -0.15) is 0 Å². The predicted octanol–water partition coefficient (Wildman–Crippen LogP) is 7.28. The van der Waals surface area contributed by atoms with Crippen LogP contribution in [0.25, 0.3) is 0 Å². The van der Waals surface area contributed by atoms with E-state index in [1.807, 2.05) is 12.3 Å². The third-order valence-corrected chi connectivity index (χ3v) is 4.65. The lowest BCUT2D eigenvalue weighted by Gasteiger charge is -2.15. The molecule has 0 saturated carbocycles. The fourth-order valence-electron chi connectivity index (χ4n) is 3.28. The average Bonchev–Trinajstić information content (AvgIpc) is 2.56. The van der Waals surface area contributed by atoms with Gasteiger partial charge in [-0.05, 0) is 25.0 Å². The van der Waals surface area contributed by atoms with Gasteiger partial charge in [-0.15, -0.1) is 0 Å². The van der Waals surface area contributed by atoms with Crippen LogP contribution in [-0.2, 0) is 0 Å². The van der Waals surface area contributed by atoms with E-state index >= 15 is 0 Å². The summed E-state index contributed by atoms with van der Waals surface area (Å²) < 4.78 is 0. The smallest absolute Gasteiger partial charge is 0.0434 e. The van der Waals surface area contributed by atoms with E-state index in [0.717, 1.165) is 0 Å². The highest BCUT2D eigenvalue weighted by molar-refractivity contribution is 5.09. The molecule has 1 heterocycles. The molecule has 1 aromatic heterocycles. The molecule has 0 radical (unpaired) electrons. The molecule has 1 aromatic rings. The first-order valence-electron chi connectivity index (χ1n) is 9.79. The second-order valence-corrected chi connectivity index (χ2v) is 6.71. The fourth-order valence-corrected chi connectivity index (χ4v) is 3.28. The van der Waals surface area contributed by atoms with Gasteiger partial charge in [0.2, 0.25) is 0 Å². The highest BCUT2D eigenvalue weighted by Gasteiger charge is 2.10. The highest BCUT2D eigenvalue weighted by Crippen LogP contribution is 2.25. The zero-order valence-electron chi connectivity index (χ0n) is 15.0. The molecule has 126 valence electrons. The summed E-state index contributed by atoms with van der Waals surface area (Å²) in [6.07, 6.45) is 20.0. The zero-order chi connectivity index (χ0) is 15.9.